The Morgan fingerprint density at radius 2 is 2.18 bits per heavy atom. The number of hydrogen-bond acceptors (Lipinski definition) is 4. The van der Waals surface area contributed by atoms with Gasteiger partial charge in [0.2, 0.25) is 0 Å². The third-order valence-corrected chi connectivity index (χ3v) is 3.43. The third kappa shape index (κ3) is 6.89. The minimum Gasteiger partial charge on any atom is -0.396 e. The van der Waals surface area contributed by atoms with Crippen molar-refractivity contribution in [2.75, 3.05) is 19.7 Å². The monoisotopic (exact) mass is 310 g/mol. The first-order chi connectivity index (χ1) is 10.6. The van der Waals surface area contributed by atoms with Gasteiger partial charge in [0.05, 0.1) is 0 Å². The standard InChI is InChI=1S/C15H30N6O/c1-5-16-15(18-10-14-20-19-11-21(14)4)17-9-13(6-7-22)8-12(2)3/h11-13,22H,5-10H2,1-4H3,(H2,16,17,18). The molecule has 0 bridgehead atoms. The van der Waals surface area contributed by atoms with Gasteiger partial charge in [-0.15, -0.1) is 10.2 Å². The first-order valence-electron chi connectivity index (χ1n) is 8.02. The van der Waals surface area contributed by atoms with Crippen LogP contribution >= 0.6 is 0 Å². The lowest BCUT2D eigenvalue weighted by Gasteiger charge is -2.20. The number of aliphatic hydroxyl groups excluding tert-OH is 1. The van der Waals surface area contributed by atoms with Gasteiger partial charge < -0.3 is 20.3 Å². The zero-order chi connectivity index (χ0) is 16.4. The number of aryl methyl sites for hydroxylation is 1. The predicted molar refractivity (Wildman–Crippen MR) is 88.5 cm³/mol. The van der Waals surface area contributed by atoms with E-state index in [4.69, 9.17) is 0 Å². The molecule has 7 nitrogen and oxygen atoms in total. The lowest BCUT2D eigenvalue weighted by Crippen LogP contribution is -2.40. The van der Waals surface area contributed by atoms with Gasteiger partial charge in [0.25, 0.3) is 0 Å². The molecule has 1 aromatic heterocycles. The lowest BCUT2D eigenvalue weighted by molar-refractivity contribution is 0.243. The molecule has 0 radical (unpaired) electrons. The van der Waals surface area contributed by atoms with Crippen molar-refractivity contribution < 1.29 is 5.11 Å². The highest BCUT2D eigenvalue weighted by atomic mass is 16.3. The Kier molecular flexibility index (Phi) is 8.50. The summed E-state index contributed by atoms with van der Waals surface area (Å²) in [7, 11) is 1.91. The molecule has 0 saturated heterocycles. The Labute approximate surface area is 133 Å². The molecule has 1 unspecified atom stereocenters. The molecule has 0 fully saturated rings. The highest BCUT2D eigenvalue weighted by Gasteiger charge is 2.11. The van der Waals surface area contributed by atoms with Crippen LogP contribution in [0.1, 0.15) is 39.4 Å². The topological polar surface area (TPSA) is 87.4 Å². The van der Waals surface area contributed by atoms with Gasteiger partial charge in [-0.25, -0.2) is 4.99 Å². The van der Waals surface area contributed by atoms with Crippen molar-refractivity contribution in [2.24, 2.45) is 23.9 Å². The SMILES string of the molecule is CCNC(=NCc1nncn1C)NCC(CCO)CC(C)C. The molecule has 126 valence electrons. The predicted octanol–water partition coefficient (Wildman–Crippen LogP) is 0.915. The van der Waals surface area contributed by atoms with Crippen molar-refractivity contribution in [1.82, 2.24) is 25.4 Å². The van der Waals surface area contributed by atoms with Crippen LogP contribution in [0.3, 0.4) is 0 Å². The van der Waals surface area contributed by atoms with Crippen molar-refractivity contribution in [2.45, 2.75) is 40.2 Å². The number of aliphatic imine (C=N–C) groups is 1. The second kappa shape index (κ2) is 10.2. The molecule has 0 spiro atoms. The average molecular weight is 310 g/mol. The second-order valence-corrected chi connectivity index (χ2v) is 5.94. The van der Waals surface area contributed by atoms with E-state index in [1.807, 2.05) is 18.5 Å². The van der Waals surface area contributed by atoms with Crippen LogP contribution in [0.25, 0.3) is 0 Å². The molecule has 0 saturated carbocycles. The Morgan fingerprint density at radius 1 is 1.41 bits per heavy atom. The maximum Gasteiger partial charge on any atom is 0.191 e. The van der Waals surface area contributed by atoms with E-state index in [0.29, 0.717) is 18.4 Å². The molecular weight excluding hydrogens is 280 g/mol. The van der Waals surface area contributed by atoms with E-state index in [1.165, 1.54) is 0 Å². The molecule has 0 aliphatic carbocycles. The molecule has 3 N–H and O–H groups in total. The van der Waals surface area contributed by atoms with E-state index in [9.17, 15) is 5.11 Å². The maximum atomic E-state index is 9.19. The highest BCUT2D eigenvalue weighted by molar-refractivity contribution is 5.79. The largest absolute Gasteiger partial charge is 0.396 e. The van der Waals surface area contributed by atoms with E-state index < -0.39 is 0 Å². The van der Waals surface area contributed by atoms with Crippen molar-refractivity contribution >= 4 is 5.96 Å². The van der Waals surface area contributed by atoms with Crippen molar-refractivity contribution in [3.05, 3.63) is 12.2 Å². The maximum absolute atomic E-state index is 9.19. The molecule has 0 aliphatic heterocycles. The first kappa shape index (κ1) is 18.4. The number of nitrogens with zero attached hydrogens (tertiary/aromatic N) is 4. The van der Waals surface area contributed by atoms with Gasteiger partial charge in [-0.2, -0.15) is 0 Å². The van der Waals surface area contributed by atoms with Gasteiger partial charge >= 0.3 is 0 Å². The fraction of sp³-hybridized carbons (Fsp3) is 0.800. The van der Waals surface area contributed by atoms with Crippen LogP contribution in [-0.4, -0.2) is 45.5 Å². The van der Waals surface area contributed by atoms with E-state index in [-0.39, 0.29) is 6.61 Å². The molecule has 0 aliphatic rings. The fourth-order valence-electron chi connectivity index (χ4n) is 2.34. The van der Waals surface area contributed by atoms with Crippen LogP contribution in [0.2, 0.25) is 0 Å². The van der Waals surface area contributed by atoms with Crippen LogP contribution in [0.4, 0.5) is 0 Å². The first-order valence-corrected chi connectivity index (χ1v) is 8.02. The summed E-state index contributed by atoms with van der Waals surface area (Å²) in [5.74, 6) is 2.67. The number of rotatable bonds is 9. The van der Waals surface area contributed by atoms with Gasteiger partial charge in [0.1, 0.15) is 12.9 Å². The summed E-state index contributed by atoms with van der Waals surface area (Å²) in [5, 5.41) is 23.7. The molecule has 7 heteroatoms. The third-order valence-electron chi connectivity index (χ3n) is 3.43. The molecular formula is C15H30N6O. The summed E-state index contributed by atoms with van der Waals surface area (Å²) < 4.78 is 1.86. The summed E-state index contributed by atoms with van der Waals surface area (Å²) in [6.07, 6.45) is 3.58. The normalized spacial score (nSPS) is 13.5. The lowest BCUT2D eigenvalue weighted by atomic mass is 9.94. The fourth-order valence-corrected chi connectivity index (χ4v) is 2.34. The number of guanidine groups is 1. The van der Waals surface area contributed by atoms with Gasteiger partial charge in [-0.3, -0.25) is 0 Å². The zero-order valence-corrected chi connectivity index (χ0v) is 14.2. The van der Waals surface area contributed by atoms with Gasteiger partial charge in [-0.1, -0.05) is 13.8 Å². The summed E-state index contributed by atoms with van der Waals surface area (Å²) in [6.45, 7) is 8.78. The molecule has 1 aromatic rings. The zero-order valence-electron chi connectivity index (χ0n) is 14.2. The van der Waals surface area contributed by atoms with E-state index in [1.54, 1.807) is 6.33 Å². The highest BCUT2D eigenvalue weighted by Crippen LogP contribution is 2.14. The minimum atomic E-state index is 0.228. The van der Waals surface area contributed by atoms with Crippen LogP contribution in [-0.2, 0) is 13.6 Å². The van der Waals surface area contributed by atoms with Crippen molar-refractivity contribution in [1.29, 1.82) is 0 Å². The Morgan fingerprint density at radius 3 is 2.73 bits per heavy atom. The summed E-state index contributed by atoms with van der Waals surface area (Å²) >= 11 is 0. The van der Waals surface area contributed by atoms with Crippen LogP contribution in [0, 0.1) is 11.8 Å². The van der Waals surface area contributed by atoms with Gasteiger partial charge in [0, 0.05) is 26.7 Å². The van der Waals surface area contributed by atoms with Crippen LogP contribution in [0.15, 0.2) is 11.3 Å². The Hall–Kier alpha value is -1.63. The van der Waals surface area contributed by atoms with Crippen molar-refractivity contribution in [3.8, 4) is 0 Å². The number of hydrogen-bond donors (Lipinski definition) is 3. The minimum absolute atomic E-state index is 0.228. The van der Waals surface area contributed by atoms with Crippen LogP contribution in [0.5, 0.6) is 0 Å². The molecule has 22 heavy (non-hydrogen) atoms. The number of aromatic nitrogens is 3. The number of nitrogens with one attached hydrogen (secondary N) is 2. The number of aliphatic hydroxyl groups is 1. The second-order valence-electron chi connectivity index (χ2n) is 5.94. The van der Waals surface area contributed by atoms with Crippen molar-refractivity contribution in [3.63, 3.8) is 0 Å². The molecule has 1 rings (SSSR count). The average Bonchev–Trinajstić information content (AvgIpc) is 2.87. The summed E-state index contributed by atoms with van der Waals surface area (Å²) in [6, 6.07) is 0. The Balaban J connectivity index is 2.56. The Bertz CT molecular complexity index is 443. The van der Waals surface area contributed by atoms with E-state index >= 15 is 0 Å². The molecule has 0 amide bonds. The van der Waals surface area contributed by atoms with E-state index in [2.05, 4.69) is 39.7 Å². The quantitative estimate of drug-likeness (QED) is 0.466. The molecule has 1 atom stereocenters. The van der Waals surface area contributed by atoms with E-state index in [0.717, 1.165) is 37.7 Å². The smallest absolute Gasteiger partial charge is 0.191 e. The van der Waals surface area contributed by atoms with Gasteiger partial charge in [0.15, 0.2) is 11.8 Å². The molecule has 1 heterocycles. The summed E-state index contributed by atoms with van der Waals surface area (Å²) in [5.41, 5.74) is 0. The summed E-state index contributed by atoms with van der Waals surface area (Å²) in [4.78, 5) is 4.54. The van der Waals surface area contributed by atoms with Gasteiger partial charge in [-0.05, 0) is 31.6 Å². The molecule has 0 aromatic carbocycles. The van der Waals surface area contributed by atoms with Crippen LogP contribution < -0.4 is 10.6 Å².